The molecule has 4 aliphatic heterocycles. The summed E-state index contributed by atoms with van der Waals surface area (Å²) in [5.74, 6) is 0. The lowest BCUT2D eigenvalue weighted by Gasteiger charge is -2.49. The summed E-state index contributed by atoms with van der Waals surface area (Å²) in [6.45, 7) is 16.6. The van der Waals surface area contributed by atoms with E-state index in [-0.39, 0.29) is 29.9 Å². The van der Waals surface area contributed by atoms with Gasteiger partial charge in [-0.25, -0.2) is 0 Å². The smallest absolute Gasteiger partial charge is 0.332 e. The molecule has 0 fully saturated rings. The number of aromatic nitrogens is 2. The third-order valence-corrected chi connectivity index (χ3v) is 21.8. The number of aryl methyl sites for hydroxylation is 2. The third-order valence-electron chi connectivity index (χ3n) is 21.8. The van der Waals surface area contributed by atoms with E-state index in [0.29, 0.717) is 0 Å². The molecular weight excluding hydrogens is 1060 g/mol. The summed E-state index contributed by atoms with van der Waals surface area (Å²) in [7, 11) is 0. The molecule has 416 valence electrons. The number of nitrogens with zero attached hydrogens (tertiary/aromatic N) is 4. The lowest BCUT2D eigenvalue weighted by Crippen LogP contribution is -2.63. The number of rotatable bonds is 4. The molecule has 14 aromatic rings. The van der Waals surface area contributed by atoms with Gasteiger partial charge in [0.05, 0.1) is 16.7 Å². The summed E-state index contributed by atoms with van der Waals surface area (Å²) in [6, 6.07) is 95.4. The van der Waals surface area contributed by atoms with Crippen LogP contribution in [0.4, 0.5) is 28.4 Å². The average molecular weight is 1130 g/mol. The van der Waals surface area contributed by atoms with Gasteiger partial charge in [-0.05, 0) is 163 Å². The van der Waals surface area contributed by atoms with Gasteiger partial charge in [0.25, 0.3) is 0 Å². The van der Waals surface area contributed by atoms with Crippen LogP contribution in [0.1, 0.15) is 84.7 Å². The molecule has 12 aromatic carbocycles. The minimum Gasteiger partial charge on any atom is -0.376 e. The van der Waals surface area contributed by atoms with Crippen LogP contribution in [0.2, 0.25) is 0 Å². The first-order valence-corrected chi connectivity index (χ1v) is 31.5. The van der Waals surface area contributed by atoms with E-state index in [4.69, 9.17) is 0 Å². The molecule has 2 aromatic heterocycles. The van der Waals surface area contributed by atoms with Crippen molar-refractivity contribution in [2.75, 3.05) is 9.71 Å². The summed E-state index contributed by atoms with van der Waals surface area (Å²) < 4.78 is 5.24. The minimum atomic E-state index is -0.356. The summed E-state index contributed by atoms with van der Waals surface area (Å²) in [5.41, 5.74) is 34.4. The van der Waals surface area contributed by atoms with Gasteiger partial charge < -0.3 is 18.8 Å². The first kappa shape index (κ1) is 50.2. The lowest BCUT2D eigenvalue weighted by molar-refractivity contribution is 0.632. The Morgan fingerprint density at radius 1 is 0.352 bits per heavy atom. The van der Waals surface area contributed by atoms with E-state index < -0.39 is 0 Å². The summed E-state index contributed by atoms with van der Waals surface area (Å²) in [5, 5.41) is 5.04. The first-order valence-electron chi connectivity index (χ1n) is 31.5. The second-order valence-corrected chi connectivity index (χ2v) is 26.9. The molecule has 0 spiro atoms. The highest BCUT2D eigenvalue weighted by Crippen LogP contribution is 2.58. The Morgan fingerprint density at radius 2 is 0.932 bits per heavy atom. The second-order valence-electron chi connectivity index (χ2n) is 26.9. The Kier molecular flexibility index (Phi) is 9.89. The zero-order valence-electron chi connectivity index (χ0n) is 50.6. The van der Waals surface area contributed by atoms with Crippen molar-refractivity contribution in [2.45, 2.75) is 64.7 Å². The highest BCUT2D eigenvalue weighted by Gasteiger charge is 2.53. The molecule has 6 heterocycles. The molecule has 4 nitrogen and oxygen atoms in total. The average Bonchev–Trinajstić information content (AvgIpc) is 1.30. The molecule has 88 heavy (non-hydrogen) atoms. The van der Waals surface area contributed by atoms with Crippen molar-refractivity contribution in [1.29, 1.82) is 0 Å². The zero-order chi connectivity index (χ0) is 58.9. The molecule has 1 atom stereocenters. The number of hydrogen-bond acceptors (Lipinski definition) is 2. The van der Waals surface area contributed by atoms with Crippen molar-refractivity contribution in [2.24, 2.45) is 0 Å². The van der Waals surface area contributed by atoms with Crippen LogP contribution < -0.4 is 31.6 Å². The van der Waals surface area contributed by atoms with E-state index in [1.54, 1.807) is 0 Å². The van der Waals surface area contributed by atoms with Crippen molar-refractivity contribution in [3.05, 3.63) is 299 Å². The summed E-state index contributed by atoms with van der Waals surface area (Å²) in [6.07, 6.45) is 0. The van der Waals surface area contributed by atoms with Crippen molar-refractivity contribution < 1.29 is 0 Å². The van der Waals surface area contributed by atoms with Crippen molar-refractivity contribution >= 4 is 108 Å². The van der Waals surface area contributed by atoms with E-state index in [2.05, 4.69) is 316 Å². The normalized spacial score (nSPS) is 16.7. The van der Waals surface area contributed by atoms with E-state index >= 15 is 0 Å². The summed E-state index contributed by atoms with van der Waals surface area (Å²) >= 11 is 0. The highest BCUT2D eigenvalue weighted by atomic mass is 15.2. The van der Waals surface area contributed by atoms with Crippen molar-refractivity contribution in [1.82, 2.24) is 9.05 Å². The maximum absolute atomic E-state index is 2.74. The molecule has 0 N–H and O–H groups in total. The fraction of sp³-hybridized carbons (Fsp3) is 0.122. The maximum atomic E-state index is 2.74. The fourth-order valence-corrected chi connectivity index (χ4v) is 18.0. The predicted octanol–water partition coefficient (Wildman–Crippen LogP) is 17.5. The van der Waals surface area contributed by atoms with Gasteiger partial charge in [-0.1, -0.05) is 228 Å². The van der Waals surface area contributed by atoms with Crippen LogP contribution in [-0.2, 0) is 16.2 Å². The lowest BCUT2D eigenvalue weighted by atomic mass is 9.40. The van der Waals surface area contributed by atoms with Crippen LogP contribution >= 0.6 is 0 Å². The molecular formula is C82H62B2N4. The topological polar surface area (TPSA) is 16.3 Å². The SMILES string of the molecule is Cc1cccc2c1N(B1c3ccccc3C3(C)c4ccc(-c5cccc(-n6c7ccccc7c7c8c(ccc76)c6ccccc6n8B6c7ccccc7N7c8ccccc8C(C)(C)c8cccc6c87)c5)cc4-c4cccc1c43)c1c(C)cccc1C2(C)C. The standard InChI is InChI=1S/C82H62B2N4/c1-49-23-18-32-62-76(49)88(77-50(2)24-19-33-63(77)81(62,5)6)83-65-35-12-10-30-60(65)82(7)59-45-43-52(48-58(59)55-29-21-37-67(83)75(55)82)51-25-20-26-53(47-51)85-69-39-14-9-28-57(69)74-73(85)46-44-56-54-27-8-15-40-70(54)87(78(56)74)84-66-36-13-17-42-72(66)86-71-41-16-11-31-61(71)80(3,4)64-34-22-38-68(84)79(64)86/h8-48H,1-7H3. The second kappa shape index (κ2) is 17.4. The Bertz CT molecular complexity index is 5390. The summed E-state index contributed by atoms with van der Waals surface area (Å²) in [4.78, 5) is 5.31. The maximum Gasteiger partial charge on any atom is 0.332 e. The zero-order valence-corrected chi connectivity index (χ0v) is 50.6. The van der Waals surface area contributed by atoms with Crippen LogP contribution in [0, 0.1) is 13.8 Å². The molecule has 0 bridgehead atoms. The Labute approximate surface area is 514 Å². The van der Waals surface area contributed by atoms with E-state index in [1.165, 1.54) is 166 Å². The van der Waals surface area contributed by atoms with Gasteiger partial charge in [-0.2, -0.15) is 0 Å². The van der Waals surface area contributed by atoms with Gasteiger partial charge in [0.15, 0.2) is 0 Å². The molecule has 6 heteroatoms. The van der Waals surface area contributed by atoms with Gasteiger partial charge in [0, 0.05) is 77.3 Å². The molecule has 19 rings (SSSR count). The van der Waals surface area contributed by atoms with E-state index in [9.17, 15) is 0 Å². The Morgan fingerprint density at radius 3 is 1.72 bits per heavy atom. The Balaban J connectivity index is 0.790. The molecule has 1 aliphatic carbocycles. The molecule has 0 radical (unpaired) electrons. The van der Waals surface area contributed by atoms with Gasteiger partial charge in [-0.15, -0.1) is 0 Å². The van der Waals surface area contributed by atoms with Crippen molar-refractivity contribution in [3.8, 4) is 27.9 Å². The number of anilines is 5. The predicted molar refractivity (Wildman–Crippen MR) is 372 cm³/mol. The minimum absolute atomic E-state index is 0.0350. The largest absolute Gasteiger partial charge is 0.376 e. The number of hydrogen-bond donors (Lipinski definition) is 0. The molecule has 1 unspecified atom stereocenters. The Hall–Kier alpha value is -10.0. The van der Waals surface area contributed by atoms with Gasteiger partial charge in [0.1, 0.15) is 0 Å². The molecule has 0 saturated carbocycles. The number of fused-ring (bicyclic) bond motifs is 18. The van der Waals surface area contributed by atoms with Crippen LogP contribution in [0.25, 0.3) is 71.6 Å². The molecule has 0 amide bonds. The molecule has 0 saturated heterocycles. The van der Waals surface area contributed by atoms with Crippen LogP contribution in [0.5, 0.6) is 0 Å². The van der Waals surface area contributed by atoms with Crippen LogP contribution in [0.3, 0.4) is 0 Å². The first-order chi connectivity index (χ1) is 42.9. The van der Waals surface area contributed by atoms with E-state index in [0.717, 1.165) is 5.69 Å². The molecule has 5 aliphatic rings. The third kappa shape index (κ3) is 6.17. The number of benzene rings is 12. The van der Waals surface area contributed by atoms with E-state index in [1.807, 2.05) is 0 Å². The van der Waals surface area contributed by atoms with Crippen LogP contribution in [-0.4, -0.2) is 22.7 Å². The van der Waals surface area contributed by atoms with Crippen molar-refractivity contribution in [3.63, 3.8) is 0 Å². The monoisotopic (exact) mass is 1120 g/mol. The van der Waals surface area contributed by atoms with Gasteiger partial charge in [0.2, 0.25) is 0 Å². The van der Waals surface area contributed by atoms with Crippen LogP contribution in [0.15, 0.2) is 249 Å². The van der Waals surface area contributed by atoms with Gasteiger partial charge in [-0.3, -0.25) is 0 Å². The quantitative estimate of drug-likeness (QED) is 0.163. The number of para-hydroxylation sites is 7. The fourth-order valence-electron chi connectivity index (χ4n) is 18.0. The van der Waals surface area contributed by atoms with Gasteiger partial charge >= 0.3 is 13.7 Å². The highest BCUT2D eigenvalue weighted by molar-refractivity contribution is 6.91.